The van der Waals surface area contributed by atoms with Crippen LogP contribution in [0.25, 0.3) is 0 Å². The van der Waals surface area contributed by atoms with Crippen molar-refractivity contribution in [3.63, 3.8) is 0 Å². The lowest BCUT2D eigenvalue weighted by Crippen LogP contribution is -2.15. The minimum atomic E-state index is -2.33. The highest BCUT2D eigenvalue weighted by Crippen LogP contribution is 2.29. The molecule has 0 aliphatic rings. The number of rotatable bonds is 3. The molecular weight excluding hydrogens is 331 g/mol. The van der Waals surface area contributed by atoms with Crippen molar-refractivity contribution in [3.8, 4) is 5.75 Å². The Kier molecular flexibility index (Phi) is 4.65. The third-order valence-electron chi connectivity index (χ3n) is 2.62. The lowest BCUT2D eigenvalue weighted by atomic mass is 10.1. The van der Waals surface area contributed by atoms with Crippen LogP contribution in [-0.4, -0.2) is 5.97 Å². The van der Waals surface area contributed by atoms with Gasteiger partial charge < -0.3 is 4.74 Å². The third kappa shape index (κ3) is 3.19. The van der Waals surface area contributed by atoms with Gasteiger partial charge in [0.2, 0.25) is 34.8 Å². The second kappa shape index (κ2) is 6.31. The molecule has 0 aliphatic carbocycles. The molecule has 2 rings (SSSR count). The summed E-state index contributed by atoms with van der Waals surface area (Å²) in [7, 11) is 0. The van der Waals surface area contributed by atoms with Gasteiger partial charge in [0.15, 0.2) is 0 Å². The first kappa shape index (κ1) is 16.2. The average molecular weight is 337 g/mol. The van der Waals surface area contributed by atoms with Crippen molar-refractivity contribution < 1.29 is 31.5 Å². The van der Waals surface area contributed by atoms with E-state index in [-0.39, 0.29) is 0 Å². The Morgan fingerprint density at radius 1 is 0.955 bits per heavy atom. The zero-order chi connectivity index (χ0) is 16.4. The van der Waals surface area contributed by atoms with Gasteiger partial charge in [0.05, 0.1) is 6.42 Å². The number of carbonyl (C=O) groups is 1. The fraction of sp³-hybridized carbons (Fsp3) is 0.0714. The average Bonchev–Trinajstić information content (AvgIpc) is 2.47. The van der Waals surface area contributed by atoms with Gasteiger partial charge in [-0.15, -0.1) is 0 Å². The highest BCUT2D eigenvalue weighted by Gasteiger charge is 2.28. The van der Waals surface area contributed by atoms with E-state index in [9.17, 15) is 26.7 Å². The minimum absolute atomic E-state index is 0.307. The lowest BCUT2D eigenvalue weighted by molar-refractivity contribution is -0.134. The molecule has 0 saturated heterocycles. The third-order valence-corrected chi connectivity index (χ3v) is 2.86. The van der Waals surface area contributed by atoms with Crippen LogP contribution in [-0.2, 0) is 11.2 Å². The van der Waals surface area contributed by atoms with E-state index in [0.29, 0.717) is 10.6 Å². The van der Waals surface area contributed by atoms with Crippen molar-refractivity contribution in [2.75, 3.05) is 0 Å². The van der Waals surface area contributed by atoms with E-state index in [4.69, 9.17) is 11.6 Å². The molecule has 116 valence electrons. The van der Waals surface area contributed by atoms with Crippen LogP contribution in [0.15, 0.2) is 24.3 Å². The first-order valence-corrected chi connectivity index (χ1v) is 6.15. The highest BCUT2D eigenvalue weighted by molar-refractivity contribution is 6.30. The Hall–Kier alpha value is -2.15. The predicted octanol–water partition coefficient (Wildman–Crippen LogP) is 4.18. The van der Waals surface area contributed by atoms with Crippen LogP contribution in [0.2, 0.25) is 5.02 Å². The molecule has 0 amide bonds. The molecule has 0 fully saturated rings. The summed E-state index contributed by atoms with van der Waals surface area (Å²) in [6.07, 6.45) is -0.458. The van der Waals surface area contributed by atoms with Crippen LogP contribution in [0, 0.1) is 29.1 Å². The largest absolute Gasteiger partial charge is 0.420 e. The number of ether oxygens (including phenoxy) is 1. The molecule has 0 radical (unpaired) electrons. The molecule has 2 aromatic carbocycles. The Morgan fingerprint density at radius 3 is 2.05 bits per heavy atom. The molecular formula is C14H6ClF5O2. The maximum Gasteiger partial charge on any atom is 0.315 e. The van der Waals surface area contributed by atoms with Gasteiger partial charge in [-0.2, -0.15) is 8.78 Å². The smallest absolute Gasteiger partial charge is 0.315 e. The molecule has 0 atom stereocenters. The Morgan fingerprint density at radius 2 is 1.50 bits per heavy atom. The van der Waals surface area contributed by atoms with Gasteiger partial charge in [-0.25, -0.2) is 13.2 Å². The molecule has 0 aliphatic heterocycles. The Bertz CT molecular complexity index is 719. The van der Waals surface area contributed by atoms with Crippen molar-refractivity contribution in [2.45, 2.75) is 6.42 Å². The molecule has 0 saturated carbocycles. The van der Waals surface area contributed by atoms with Crippen LogP contribution in [0.5, 0.6) is 5.75 Å². The maximum atomic E-state index is 13.3. The molecule has 0 heterocycles. The molecule has 0 aromatic heterocycles. The maximum absolute atomic E-state index is 13.3. The summed E-state index contributed by atoms with van der Waals surface area (Å²) in [6, 6.07) is 5.91. The van der Waals surface area contributed by atoms with Gasteiger partial charge in [-0.05, 0) is 17.7 Å². The fourth-order valence-corrected chi connectivity index (χ4v) is 1.85. The molecule has 8 heteroatoms. The van der Waals surface area contributed by atoms with Crippen molar-refractivity contribution in [2.24, 2.45) is 0 Å². The molecule has 22 heavy (non-hydrogen) atoms. The van der Waals surface area contributed by atoms with Crippen LogP contribution in [0.1, 0.15) is 5.56 Å². The van der Waals surface area contributed by atoms with E-state index >= 15 is 0 Å². The van der Waals surface area contributed by atoms with Crippen molar-refractivity contribution in [1.82, 2.24) is 0 Å². The van der Waals surface area contributed by atoms with Gasteiger partial charge in [-0.1, -0.05) is 23.7 Å². The van der Waals surface area contributed by atoms with Crippen molar-refractivity contribution in [3.05, 3.63) is 63.9 Å². The summed E-state index contributed by atoms with van der Waals surface area (Å²) in [4.78, 5) is 11.6. The Labute approximate surface area is 126 Å². The summed E-state index contributed by atoms with van der Waals surface area (Å²) < 4.78 is 69.7. The van der Waals surface area contributed by atoms with E-state index in [1.807, 2.05) is 0 Å². The zero-order valence-electron chi connectivity index (χ0n) is 10.6. The number of esters is 1. The lowest BCUT2D eigenvalue weighted by Gasteiger charge is -2.09. The predicted molar refractivity (Wildman–Crippen MR) is 67.0 cm³/mol. The van der Waals surface area contributed by atoms with E-state index in [0.717, 1.165) is 0 Å². The second-order valence-electron chi connectivity index (χ2n) is 4.18. The van der Waals surface area contributed by atoms with E-state index in [1.165, 1.54) is 24.3 Å². The SMILES string of the molecule is O=C(Cc1cccc(Cl)c1)Oc1c(F)c(F)c(F)c(F)c1F. The van der Waals surface area contributed by atoms with Crippen LogP contribution in [0.4, 0.5) is 22.0 Å². The van der Waals surface area contributed by atoms with E-state index in [2.05, 4.69) is 4.74 Å². The quantitative estimate of drug-likeness (QED) is 0.276. The molecule has 0 spiro atoms. The summed E-state index contributed by atoms with van der Waals surface area (Å²) in [5.74, 6) is -14.0. The normalized spacial score (nSPS) is 10.6. The fourth-order valence-electron chi connectivity index (χ4n) is 1.64. The van der Waals surface area contributed by atoms with E-state index < -0.39 is 47.2 Å². The number of halogens is 6. The van der Waals surface area contributed by atoms with Gasteiger partial charge in [0.1, 0.15) is 0 Å². The standard InChI is InChI=1S/C14H6ClF5O2/c15-7-3-1-2-6(4-7)5-8(21)22-14-12(19)10(17)9(16)11(18)13(14)20/h1-4H,5H2. The second-order valence-corrected chi connectivity index (χ2v) is 4.62. The Balaban J connectivity index is 2.26. The summed E-state index contributed by atoms with van der Waals surface area (Å²) in [6.45, 7) is 0. The first-order valence-electron chi connectivity index (χ1n) is 5.77. The van der Waals surface area contributed by atoms with Gasteiger partial charge in [-0.3, -0.25) is 4.79 Å². The summed E-state index contributed by atoms with van der Waals surface area (Å²) in [5, 5.41) is 0.307. The molecule has 2 aromatic rings. The zero-order valence-corrected chi connectivity index (χ0v) is 11.4. The number of benzene rings is 2. The topological polar surface area (TPSA) is 26.3 Å². The number of hydrogen-bond donors (Lipinski definition) is 0. The number of carbonyl (C=O) groups excluding carboxylic acids is 1. The van der Waals surface area contributed by atoms with Gasteiger partial charge in [0, 0.05) is 5.02 Å². The molecule has 0 bridgehead atoms. The van der Waals surface area contributed by atoms with Crippen LogP contribution < -0.4 is 4.74 Å². The summed E-state index contributed by atoms with van der Waals surface area (Å²) in [5.41, 5.74) is 0.348. The molecule has 2 nitrogen and oxygen atoms in total. The minimum Gasteiger partial charge on any atom is -0.420 e. The van der Waals surface area contributed by atoms with Crippen LogP contribution >= 0.6 is 11.6 Å². The monoisotopic (exact) mass is 336 g/mol. The molecule has 0 unspecified atom stereocenters. The highest BCUT2D eigenvalue weighted by atomic mass is 35.5. The van der Waals surface area contributed by atoms with Crippen LogP contribution in [0.3, 0.4) is 0 Å². The van der Waals surface area contributed by atoms with Gasteiger partial charge in [0.25, 0.3) is 0 Å². The summed E-state index contributed by atoms with van der Waals surface area (Å²) >= 11 is 5.68. The van der Waals surface area contributed by atoms with Crippen molar-refractivity contribution in [1.29, 1.82) is 0 Å². The van der Waals surface area contributed by atoms with E-state index in [1.54, 1.807) is 0 Å². The molecule has 0 N–H and O–H groups in total. The first-order chi connectivity index (χ1) is 10.3. The van der Waals surface area contributed by atoms with Gasteiger partial charge >= 0.3 is 5.97 Å². The van der Waals surface area contributed by atoms with Crippen molar-refractivity contribution >= 4 is 17.6 Å². The number of hydrogen-bond acceptors (Lipinski definition) is 2.